The molecule has 0 saturated heterocycles. The summed E-state index contributed by atoms with van der Waals surface area (Å²) in [4.78, 5) is 25.3. The predicted molar refractivity (Wildman–Crippen MR) is 114 cm³/mol. The summed E-state index contributed by atoms with van der Waals surface area (Å²) in [5.74, 6) is 0. The van der Waals surface area contributed by atoms with Gasteiger partial charge in [0, 0.05) is 34.9 Å². The number of nitro groups is 1. The summed E-state index contributed by atoms with van der Waals surface area (Å²) in [6, 6.07) is 12.0. The smallest absolute Gasteiger partial charge is 0.322 e. The van der Waals surface area contributed by atoms with Crippen LogP contribution in [0.5, 0.6) is 0 Å². The SMILES string of the molecule is Cc1ccc(NC(=O)N(Cc2ccccc2Br)CC(C)(C)CN)cc1[N+](=O)[O-]. The maximum absolute atomic E-state index is 13.0. The first kappa shape index (κ1) is 21.8. The Labute approximate surface area is 173 Å². The van der Waals surface area contributed by atoms with Gasteiger partial charge in [-0.05, 0) is 36.6 Å². The van der Waals surface area contributed by atoms with Crippen molar-refractivity contribution in [2.45, 2.75) is 27.3 Å². The van der Waals surface area contributed by atoms with E-state index in [0.29, 0.717) is 30.9 Å². The first-order valence-electron chi connectivity index (χ1n) is 8.87. The number of benzene rings is 2. The molecule has 8 heteroatoms. The standard InChI is InChI=1S/C20H25BrN4O3/c1-14-8-9-16(10-18(14)25(27)28)23-19(26)24(13-20(2,3)12-22)11-15-6-4-5-7-17(15)21/h4-10H,11-13,22H2,1-3H3,(H,23,26). The lowest BCUT2D eigenvalue weighted by atomic mass is 9.93. The fraction of sp³-hybridized carbons (Fsp3) is 0.350. The van der Waals surface area contributed by atoms with Gasteiger partial charge in [-0.3, -0.25) is 10.1 Å². The number of rotatable bonds is 7. The summed E-state index contributed by atoms with van der Waals surface area (Å²) < 4.78 is 0.907. The van der Waals surface area contributed by atoms with Crippen LogP contribution in [-0.4, -0.2) is 28.9 Å². The van der Waals surface area contributed by atoms with E-state index in [1.807, 2.05) is 38.1 Å². The van der Waals surface area contributed by atoms with Gasteiger partial charge in [-0.15, -0.1) is 0 Å². The lowest BCUT2D eigenvalue weighted by molar-refractivity contribution is -0.385. The zero-order valence-corrected chi connectivity index (χ0v) is 17.8. The van der Waals surface area contributed by atoms with E-state index >= 15 is 0 Å². The second-order valence-electron chi connectivity index (χ2n) is 7.50. The van der Waals surface area contributed by atoms with Crippen LogP contribution >= 0.6 is 15.9 Å². The largest absolute Gasteiger partial charge is 0.330 e. The maximum atomic E-state index is 13.0. The first-order chi connectivity index (χ1) is 13.1. The Morgan fingerprint density at radius 1 is 1.29 bits per heavy atom. The third kappa shape index (κ3) is 5.77. The highest BCUT2D eigenvalue weighted by molar-refractivity contribution is 9.10. The monoisotopic (exact) mass is 448 g/mol. The van der Waals surface area contributed by atoms with Crippen LogP contribution in [0.1, 0.15) is 25.0 Å². The van der Waals surface area contributed by atoms with E-state index in [-0.39, 0.29) is 17.1 Å². The minimum absolute atomic E-state index is 0.0301. The molecule has 0 aliphatic heterocycles. The number of amides is 2. The van der Waals surface area contributed by atoms with Crippen molar-refractivity contribution in [3.8, 4) is 0 Å². The normalized spacial score (nSPS) is 11.2. The number of carbonyl (C=O) groups excluding carboxylic acids is 1. The summed E-state index contributed by atoms with van der Waals surface area (Å²) >= 11 is 3.51. The zero-order chi connectivity index (χ0) is 20.9. The number of halogens is 1. The molecule has 0 aromatic heterocycles. The minimum Gasteiger partial charge on any atom is -0.330 e. The number of urea groups is 1. The molecule has 0 fully saturated rings. The molecular formula is C20H25BrN4O3. The molecule has 0 heterocycles. The van der Waals surface area contributed by atoms with Gasteiger partial charge in [0.15, 0.2) is 0 Å². The molecule has 0 spiro atoms. The number of nitro benzene ring substituents is 1. The van der Waals surface area contributed by atoms with Crippen molar-refractivity contribution in [1.82, 2.24) is 4.90 Å². The molecule has 2 aromatic rings. The van der Waals surface area contributed by atoms with Crippen LogP contribution in [-0.2, 0) is 6.54 Å². The molecule has 2 amide bonds. The molecule has 0 bridgehead atoms. The maximum Gasteiger partial charge on any atom is 0.322 e. The van der Waals surface area contributed by atoms with Crippen molar-refractivity contribution in [3.05, 3.63) is 68.2 Å². The van der Waals surface area contributed by atoms with Crippen LogP contribution < -0.4 is 11.1 Å². The highest BCUT2D eigenvalue weighted by atomic mass is 79.9. The van der Waals surface area contributed by atoms with Crippen molar-refractivity contribution in [3.63, 3.8) is 0 Å². The quantitative estimate of drug-likeness (QED) is 0.473. The third-order valence-corrected chi connectivity index (χ3v) is 5.21. The summed E-state index contributed by atoms with van der Waals surface area (Å²) in [5, 5.41) is 13.9. The molecule has 0 atom stereocenters. The molecule has 28 heavy (non-hydrogen) atoms. The average Bonchev–Trinajstić information content (AvgIpc) is 2.64. The Kier molecular flexibility index (Phi) is 7.15. The van der Waals surface area contributed by atoms with Gasteiger partial charge in [-0.1, -0.05) is 54.0 Å². The molecule has 0 aliphatic carbocycles. The second kappa shape index (κ2) is 9.16. The van der Waals surface area contributed by atoms with Crippen LogP contribution in [0.4, 0.5) is 16.2 Å². The summed E-state index contributed by atoms with van der Waals surface area (Å²) in [6.45, 7) is 6.87. The van der Waals surface area contributed by atoms with Gasteiger partial charge in [0.05, 0.1) is 4.92 Å². The highest BCUT2D eigenvalue weighted by Crippen LogP contribution is 2.25. The lowest BCUT2D eigenvalue weighted by Gasteiger charge is -2.32. The van der Waals surface area contributed by atoms with Crippen molar-refractivity contribution in [1.29, 1.82) is 0 Å². The Hall–Kier alpha value is -2.45. The van der Waals surface area contributed by atoms with E-state index in [4.69, 9.17) is 5.73 Å². The average molecular weight is 449 g/mol. The number of hydrogen-bond acceptors (Lipinski definition) is 4. The number of anilines is 1. The van der Waals surface area contributed by atoms with Crippen molar-refractivity contribution in [2.24, 2.45) is 11.1 Å². The number of nitrogens with zero attached hydrogens (tertiary/aromatic N) is 2. The van der Waals surface area contributed by atoms with E-state index in [2.05, 4.69) is 21.2 Å². The van der Waals surface area contributed by atoms with Crippen molar-refractivity contribution < 1.29 is 9.72 Å². The second-order valence-corrected chi connectivity index (χ2v) is 8.36. The molecule has 0 unspecified atom stereocenters. The molecule has 3 N–H and O–H groups in total. The van der Waals surface area contributed by atoms with Gasteiger partial charge in [0.1, 0.15) is 0 Å². The molecular weight excluding hydrogens is 424 g/mol. The summed E-state index contributed by atoms with van der Waals surface area (Å²) in [6.07, 6.45) is 0. The fourth-order valence-electron chi connectivity index (χ4n) is 2.70. The predicted octanol–water partition coefficient (Wildman–Crippen LogP) is 4.68. The molecule has 2 rings (SSSR count). The van der Waals surface area contributed by atoms with Crippen molar-refractivity contribution >= 4 is 33.3 Å². The molecule has 0 radical (unpaired) electrons. The van der Waals surface area contributed by atoms with E-state index < -0.39 is 4.92 Å². The Bertz CT molecular complexity index is 870. The Morgan fingerprint density at radius 3 is 2.57 bits per heavy atom. The first-order valence-corrected chi connectivity index (χ1v) is 9.67. The van der Waals surface area contributed by atoms with Crippen molar-refractivity contribution in [2.75, 3.05) is 18.4 Å². The highest BCUT2D eigenvalue weighted by Gasteiger charge is 2.25. The minimum atomic E-state index is -0.457. The summed E-state index contributed by atoms with van der Waals surface area (Å²) in [7, 11) is 0. The Balaban J connectivity index is 2.27. The van der Waals surface area contributed by atoms with Gasteiger partial charge in [-0.25, -0.2) is 4.79 Å². The van der Waals surface area contributed by atoms with E-state index in [0.717, 1.165) is 10.0 Å². The molecule has 150 valence electrons. The van der Waals surface area contributed by atoms with E-state index in [9.17, 15) is 14.9 Å². The van der Waals surface area contributed by atoms with E-state index in [1.165, 1.54) is 6.07 Å². The van der Waals surface area contributed by atoms with Crippen LogP contribution in [0.3, 0.4) is 0 Å². The van der Waals surface area contributed by atoms with Crippen LogP contribution in [0.25, 0.3) is 0 Å². The molecule has 0 aliphatic rings. The van der Waals surface area contributed by atoms with Crippen LogP contribution in [0.15, 0.2) is 46.9 Å². The fourth-order valence-corrected chi connectivity index (χ4v) is 3.11. The molecule has 0 saturated carbocycles. The number of aryl methyl sites for hydroxylation is 1. The third-order valence-electron chi connectivity index (χ3n) is 4.43. The molecule has 7 nitrogen and oxygen atoms in total. The Morgan fingerprint density at radius 2 is 1.96 bits per heavy atom. The van der Waals surface area contributed by atoms with Gasteiger partial charge >= 0.3 is 6.03 Å². The molecule has 2 aromatic carbocycles. The van der Waals surface area contributed by atoms with Crippen LogP contribution in [0.2, 0.25) is 0 Å². The van der Waals surface area contributed by atoms with Crippen LogP contribution in [0, 0.1) is 22.5 Å². The summed E-state index contributed by atoms with van der Waals surface area (Å²) in [5.41, 5.74) is 7.43. The number of hydrogen-bond donors (Lipinski definition) is 2. The number of nitrogens with one attached hydrogen (secondary N) is 1. The number of carbonyl (C=O) groups is 1. The zero-order valence-electron chi connectivity index (χ0n) is 16.2. The topological polar surface area (TPSA) is 102 Å². The number of nitrogens with two attached hydrogens (primary N) is 1. The lowest BCUT2D eigenvalue weighted by Crippen LogP contribution is -2.43. The van der Waals surface area contributed by atoms with Gasteiger partial charge in [0.2, 0.25) is 0 Å². The van der Waals surface area contributed by atoms with Gasteiger partial charge < -0.3 is 16.0 Å². The van der Waals surface area contributed by atoms with Gasteiger partial charge in [-0.2, -0.15) is 0 Å². The van der Waals surface area contributed by atoms with Gasteiger partial charge in [0.25, 0.3) is 5.69 Å². The van der Waals surface area contributed by atoms with E-state index in [1.54, 1.807) is 24.0 Å².